The summed E-state index contributed by atoms with van der Waals surface area (Å²) in [5, 5.41) is 0. The molecule has 0 aliphatic carbocycles. The molecule has 17 heavy (non-hydrogen) atoms. The maximum atomic E-state index is 12.1. The van der Waals surface area contributed by atoms with Crippen LogP contribution in [0.4, 0.5) is 0 Å². The Hall–Kier alpha value is -1.42. The Morgan fingerprint density at radius 3 is 2.82 bits per heavy atom. The quantitative estimate of drug-likeness (QED) is 0.822. The third-order valence-electron chi connectivity index (χ3n) is 3.15. The van der Waals surface area contributed by atoms with Gasteiger partial charge in [0.2, 0.25) is 5.91 Å². The van der Waals surface area contributed by atoms with Crippen LogP contribution in [0.3, 0.4) is 0 Å². The van der Waals surface area contributed by atoms with E-state index in [0.717, 1.165) is 18.5 Å². The van der Waals surface area contributed by atoms with Gasteiger partial charge in [0.25, 0.3) is 0 Å². The Morgan fingerprint density at radius 1 is 1.47 bits per heavy atom. The molecule has 1 aliphatic rings. The van der Waals surface area contributed by atoms with Crippen LogP contribution in [0.15, 0.2) is 24.5 Å². The summed E-state index contributed by atoms with van der Waals surface area (Å²) in [6.07, 6.45) is 4.89. The maximum Gasteiger partial charge on any atom is 0.227 e. The van der Waals surface area contributed by atoms with Crippen molar-refractivity contribution in [1.29, 1.82) is 0 Å². The van der Waals surface area contributed by atoms with Crippen molar-refractivity contribution in [3.63, 3.8) is 0 Å². The number of likely N-dealkylation sites (tertiary alicyclic amines) is 1. The molecule has 0 spiro atoms. The molecular weight excluding hydrogens is 214 g/mol. The van der Waals surface area contributed by atoms with Crippen molar-refractivity contribution in [3.8, 4) is 0 Å². The van der Waals surface area contributed by atoms with Gasteiger partial charge in [0.05, 0.1) is 6.42 Å². The fourth-order valence-electron chi connectivity index (χ4n) is 2.39. The summed E-state index contributed by atoms with van der Waals surface area (Å²) in [6.45, 7) is 3.66. The second kappa shape index (κ2) is 5.27. The SMILES string of the molecule is CC1CC(N)CN(C(=O)Cc2ccncc2)C1. The molecule has 4 nitrogen and oxygen atoms in total. The average molecular weight is 233 g/mol. The van der Waals surface area contributed by atoms with E-state index in [1.165, 1.54) is 0 Å². The van der Waals surface area contributed by atoms with E-state index in [2.05, 4.69) is 11.9 Å². The Kier molecular flexibility index (Phi) is 3.74. The summed E-state index contributed by atoms with van der Waals surface area (Å²) in [4.78, 5) is 17.9. The van der Waals surface area contributed by atoms with Crippen molar-refractivity contribution >= 4 is 5.91 Å². The number of hydrogen-bond acceptors (Lipinski definition) is 3. The van der Waals surface area contributed by atoms with Crippen LogP contribution in [0.2, 0.25) is 0 Å². The van der Waals surface area contributed by atoms with E-state index in [4.69, 9.17) is 5.73 Å². The van der Waals surface area contributed by atoms with Crippen LogP contribution in [-0.4, -0.2) is 34.9 Å². The van der Waals surface area contributed by atoms with Gasteiger partial charge in [0.15, 0.2) is 0 Å². The number of pyridine rings is 1. The summed E-state index contributed by atoms with van der Waals surface area (Å²) in [7, 11) is 0. The van der Waals surface area contributed by atoms with E-state index < -0.39 is 0 Å². The zero-order chi connectivity index (χ0) is 12.3. The summed E-state index contributed by atoms with van der Waals surface area (Å²) < 4.78 is 0. The molecule has 1 aliphatic heterocycles. The lowest BCUT2D eigenvalue weighted by Gasteiger charge is -2.34. The largest absolute Gasteiger partial charge is 0.341 e. The zero-order valence-electron chi connectivity index (χ0n) is 10.2. The van der Waals surface area contributed by atoms with Crippen LogP contribution in [0, 0.1) is 5.92 Å². The molecule has 1 aromatic heterocycles. The number of nitrogens with zero attached hydrogens (tertiary/aromatic N) is 2. The third kappa shape index (κ3) is 3.27. The summed E-state index contributed by atoms with van der Waals surface area (Å²) in [5.74, 6) is 0.665. The van der Waals surface area contributed by atoms with Gasteiger partial charge >= 0.3 is 0 Å². The second-order valence-electron chi connectivity index (χ2n) is 4.93. The molecule has 2 rings (SSSR count). The topological polar surface area (TPSA) is 59.2 Å². The van der Waals surface area contributed by atoms with Crippen LogP contribution in [0.25, 0.3) is 0 Å². The monoisotopic (exact) mass is 233 g/mol. The Morgan fingerprint density at radius 2 is 2.18 bits per heavy atom. The first-order chi connectivity index (χ1) is 8.15. The number of nitrogens with two attached hydrogens (primary N) is 1. The van der Waals surface area contributed by atoms with Crippen molar-refractivity contribution in [3.05, 3.63) is 30.1 Å². The molecule has 1 saturated heterocycles. The van der Waals surface area contributed by atoms with E-state index in [1.54, 1.807) is 12.4 Å². The molecule has 92 valence electrons. The van der Waals surface area contributed by atoms with Crippen molar-refractivity contribution in [1.82, 2.24) is 9.88 Å². The fraction of sp³-hybridized carbons (Fsp3) is 0.538. The second-order valence-corrected chi connectivity index (χ2v) is 4.93. The van der Waals surface area contributed by atoms with E-state index in [1.807, 2.05) is 17.0 Å². The van der Waals surface area contributed by atoms with Gasteiger partial charge < -0.3 is 10.6 Å². The number of piperidine rings is 1. The lowest BCUT2D eigenvalue weighted by molar-refractivity contribution is -0.132. The van der Waals surface area contributed by atoms with Gasteiger partial charge in [-0.1, -0.05) is 6.92 Å². The lowest BCUT2D eigenvalue weighted by atomic mass is 9.96. The Balaban J connectivity index is 1.96. The van der Waals surface area contributed by atoms with Crippen LogP contribution < -0.4 is 5.73 Å². The molecule has 4 heteroatoms. The summed E-state index contributed by atoms with van der Waals surface area (Å²) in [5.41, 5.74) is 6.95. The molecule has 2 heterocycles. The van der Waals surface area contributed by atoms with Crippen LogP contribution in [0.5, 0.6) is 0 Å². The average Bonchev–Trinajstić information content (AvgIpc) is 2.29. The highest BCUT2D eigenvalue weighted by molar-refractivity contribution is 5.78. The van der Waals surface area contributed by atoms with Gasteiger partial charge in [0.1, 0.15) is 0 Å². The van der Waals surface area contributed by atoms with Crippen molar-refractivity contribution in [2.45, 2.75) is 25.8 Å². The van der Waals surface area contributed by atoms with E-state index in [-0.39, 0.29) is 11.9 Å². The van der Waals surface area contributed by atoms with E-state index in [9.17, 15) is 4.79 Å². The maximum absolute atomic E-state index is 12.1. The van der Waals surface area contributed by atoms with Crippen molar-refractivity contribution in [2.75, 3.05) is 13.1 Å². The van der Waals surface area contributed by atoms with Gasteiger partial charge in [-0.3, -0.25) is 9.78 Å². The minimum absolute atomic E-state index is 0.125. The normalized spacial score (nSPS) is 24.7. The zero-order valence-corrected chi connectivity index (χ0v) is 10.2. The van der Waals surface area contributed by atoms with Gasteiger partial charge in [-0.05, 0) is 30.0 Å². The smallest absolute Gasteiger partial charge is 0.227 e. The standard InChI is InChI=1S/C13H19N3O/c1-10-6-12(14)9-16(8-10)13(17)7-11-2-4-15-5-3-11/h2-5,10,12H,6-9,14H2,1H3. The number of carbonyl (C=O) groups is 1. The Labute approximate surface area is 102 Å². The number of rotatable bonds is 2. The molecular formula is C13H19N3O. The highest BCUT2D eigenvalue weighted by atomic mass is 16.2. The molecule has 0 bridgehead atoms. The third-order valence-corrected chi connectivity index (χ3v) is 3.15. The van der Waals surface area contributed by atoms with Gasteiger partial charge in [-0.15, -0.1) is 0 Å². The molecule has 0 aromatic carbocycles. The fourth-order valence-corrected chi connectivity index (χ4v) is 2.39. The predicted octanol–water partition coefficient (Wildman–Crippen LogP) is 0.820. The summed E-state index contributed by atoms with van der Waals surface area (Å²) in [6, 6.07) is 3.89. The first kappa shape index (κ1) is 12.0. The molecule has 0 saturated carbocycles. The van der Waals surface area contributed by atoms with Gasteiger partial charge in [-0.2, -0.15) is 0 Å². The van der Waals surface area contributed by atoms with Gasteiger partial charge in [-0.25, -0.2) is 0 Å². The summed E-state index contributed by atoms with van der Waals surface area (Å²) >= 11 is 0. The molecule has 1 aromatic rings. The molecule has 1 fully saturated rings. The van der Waals surface area contributed by atoms with Crippen molar-refractivity contribution in [2.24, 2.45) is 11.7 Å². The number of hydrogen-bond donors (Lipinski definition) is 1. The van der Waals surface area contributed by atoms with Crippen LogP contribution >= 0.6 is 0 Å². The first-order valence-corrected chi connectivity index (χ1v) is 6.07. The van der Waals surface area contributed by atoms with Crippen LogP contribution in [0.1, 0.15) is 18.9 Å². The number of aromatic nitrogens is 1. The lowest BCUT2D eigenvalue weighted by Crippen LogP contribution is -2.49. The Bertz CT molecular complexity index is 370. The molecule has 2 N–H and O–H groups in total. The predicted molar refractivity (Wildman–Crippen MR) is 66.3 cm³/mol. The highest BCUT2D eigenvalue weighted by Crippen LogP contribution is 2.16. The molecule has 2 unspecified atom stereocenters. The van der Waals surface area contributed by atoms with Gasteiger partial charge in [0, 0.05) is 31.5 Å². The molecule has 0 radical (unpaired) electrons. The van der Waals surface area contributed by atoms with E-state index in [0.29, 0.717) is 18.9 Å². The molecule has 1 amide bonds. The molecule has 2 atom stereocenters. The van der Waals surface area contributed by atoms with E-state index >= 15 is 0 Å². The minimum Gasteiger partial charge on any atom is -0.341 e. The first-order valence-electron chi connectivity index (χ1n) is 6.07. The minimum atomic E-state index is 0.125. The van der Waals surface area contributed by atoms with Crippen LogP contribution in [-0.2, 0) is 11.2 Å². The highest BCUT2D eigenvalue weighted by Gasteiger charge is 2.25. The van der Waals surface area contributed by atoms with Crippen molar-refractivity contribution < 1.29 is 4.79 Å². The number of carbonyl (C=O) groups excluding carboxylic acids is 1. The number of amides is 1.